The fourth-order valence-electron chi connectivity index (χ4n) is 6.64. The molecule has 3 saturated heterocycles. The number of fused-ring (bicyclic) bond motifs is 1. The van der Waals surface area contributed by atoms with Gasteiger partial charge in [0.2, 0.25) is 5.91 Å². The highest BCUT2D eigenvalue weighted by Gasteiger charge is 2.64. The van der Waals surface area contributed by atoms with E-state index in [0.717, 1.165) is 38.0 Å². The molecular formula is C27H35N3O. The summed E-state index contributed by atoms with van der Waals surface area (Å²) in [6.45, 7) is 8.28. The van der Waals surface area contributed by atoms with Crippen molar-refractivity contribution in [3.8, 4) is 0 Å². The first-order valence-corrected chi connectivity index (χ1v) is 11.9. The van der Waals surface area contributed by atoms with Gasteiger partial charge in [-0.1, -0.05) is 74.5 Å². The van der Waals surface area contributed by atoms with Crippen LogP contribution in [0.25, 0.3) is 0 Å². The van der Waals surface area contributed by atoms with E-state index in [4.69, 9.17) is 0 Å². The molecule has 6 rings (SSSR count). The molecule has 0 spiro atoms. The molecule has 31 heavy (non-hydrogen) atoms. The maximum atomic E-state index is 13.7. The normalized spacial score (nSPS) is 31.8. The van der Waals surface area contributed by atoms with E-state index in [1.165, 1.54) is 5.56 Å². The molecule has 0 unspecified atom stereocenters. The van der Waals surface area contributed by atoms with Crippen molar-refractivity contribution in [1.82, 2.24) is 15.5 Å². The van der Waals surface area contributed by atoms with Crippen molar-refractivity contribution in [2.24, 2.45) is 23.7 Å². The molecule has 1 saturated carbocycles. The monoisotopic (exact) mass is 417 g/mol. The molecule has 164 valence electrons. The summed E-state index contributed by atoms with van der Waals surface area (Å²) >= 11 is 0. The molecule has 0 radical (unpaired) electrons. The van der Waals surface area contributed by atoms with Gasteiger partial charge >= 0.3 is 0 Å². The summed E-state index contributed by atoms with van der Waals surface area (Å²) in [6.07, 6.45) is 2.06. The van der Waals surface area contributed by atoms with E-state index in [-0.39, 0.29) is 5.91 Å². The quantitative estimate of drug-likeness (QED) is 0.720. The van der Waals surface area contributed by atoms with Crippen molar-refractivity contribution in [2.75, 3.05) is 13.1 Å². The lowest BCUT2D eigenvalue weighted by atomic mass is 9.57. The van der Waals surface area contributed by atoms with Crippen LogP contribution in [0.5, 0.6) is 0 Å². The zero-order chi connectivity index (χ0) is 21.4. The van der Waals surface area contributed by atoms with Crippen LogP contribution < -0.4 is 10.6 Å². The van der Waals surface area contributed by atoms with Crippen LogP contribution in [0.1, 0.15) is 37.8 Å². The number of benzene rings is 2. The number of carbonyl (C=O) groups excluding carboxylic acids is 1. The van der Waals surface area contributed by atoms with Crippen molar-refractivity contribution in [1.29, 1.82) is 0 Å². The third-order valence-electron chi connectivity index (χ3n) is 7.87. The molecule has 3 heterocycles. The fourth-order valence-corrected chi connectivity index (χ4v) is 6.64. The number of rotatable bonds is 7. The van der Waals surface area contributed by atoms with Crippen LogP contribution in [0, 0.1) is 23.7 Å². The lowest BCUT2D eigenvalue weighted by Crippen LogP contribution is -2.74. The third-order valence-corrected chi connectivity index (χ3v) is 7.87. The molecule has 4 aliphatic rings. The molecule has 0 aromatic heterocycles. The van der Waals surface area contributed by atoms with Crippen molar-refractivity contribution >= 4 is 5.91 Å². The van der Waals surface area contributed by atoms with Crippen LogP contribution in [-0.4, -0.2) is 35.5 Å². The average Bonchev–Trinajstić information content (AvgIpc) is 3.08. The van der Waals surface area contributed by atoms with Crippen LogP contribution in [-0.2, 0) is 17.9 Å². The lowest BCUT2D eigenvalue weighted by Gasteiger charge is -2.56. The van der Waals surface area contributed by atoms with Gasteiger partial charge in [0.1, 0.15) is 5.54 Å². The van der Waals surface area contributed by atoms with Gasteiger partial charge in [0.25, 0.3) is 0 Å². The number of nitrogens with zero attached hydrogens (tertiary/aromatic N) is 1. The molecule has 1 aliphatic carbocycles. The van der Waals surface area contributed by atoms with E-state index in [9.17, 15) is 4.79 Å². The van der Waals surface area contributed by atoms with Crippen LogP contribution >= 0.6 is 0 Å². The second kappa shape index (κ2) is 8.40. The van der Waals surface area contributed by atoms with Gasteiger partial charge in [-0.3, -0.25) is 9.69 Å². The second-order valence-corrected chi connectivity index (χ2v) is 10.3. The smallest absolute Gasteiger partial charge is 0.240 e. The van der Waals surface area contributed by atoms with Crippen LogP contribution in [0.2, 0.25) is 0 Å². The van der Waals surface area contributed by atoms with Crippen LogP contribution in [0.3, 0.4) is 0 Å². The second-order valence-electron chi connectivity index (χ2n) is 10.3. The standard InChI is InChI=1S/C27H35N3O/c1-19(2)13-24-25-23-16-29-27(24,26(31)28-15-20-9-5-3-6-10-20)14-22(23)18-30(25)17-21-11-7-4-8-12-21/h3-12,19,22-25,29H,13-18H2,1-2H3,(H,28,31)/t22-,23-,24-,25+,27+/m1/s1. The summed E-state index contributed by atoms with van der Waals surface area (Å²) < 4.78 is 0. The molecule has 4 fully saturated rings. The van der Waals surface area contributed by atoms with E-state index < -0.39 is 5.54 Å². The Morgan fingerprint density at radius 1 is 1.10 bits per heavy atom. The van der Waals surface area contributed by atoms with Crippen LogP contribution in [0.4, 0.5) is 0 Å². The van der Waals surface area contributed by atoms with E-state index in [1.54, 1.807) is 0 Å². The third kappa shape index (κ3) is 3.81. The SMILES string of the molecule is CC(C)C[C@@H]1[C@@H]2[C@@H]3CN[C@@]1(C(=O)NCc1ccccc1)C[C@@H]3CN2Cc1ccccc1. The first-order valence-electron chi connectivity index (χ1n) is 11.9. The minimum atomic E-state index is -0.436. The van der Waals surface area contributed by atoms with Crippen molar-refractivity contribution in [3.05, 3.63) is 71.8 Å². The van der Waals surface area contributed by atoms with Gasteiger partial charge < -0.3 is 10.6 Å². The van der Waals surface area contributed by atoms with E-state index >= 15 is 0 Å². The predicted octanol–water partition coefficient (Wildman–Crippen LogP) is 3.83. The first-order chi connectivity index (χ1) is 15.1. The maximum absolute atomic E-state index is 13.7. The zero-order valence-electron chi connectivity index (χ0n) is 18.8. The predicted molar refractivity (Wildman–Crippen MR) is 124 cm³/mol. The molecule has 3 aliphatic heterocycles. The number of hydrogen-bond donors (Lipinski definition) is 2. The van der Waals surface area contributed by atoms with Gasteiger partial charge in [0.15, 0.2) is 0 Å². The molecule has 2 aromatic carbocycles. The molecule has 2 aromatic rings. The van der Waals surface area contributed by atoms with Crippen molar-refractivity contribution < 1.29 is 4.79 Å². The average molecular weight is 418 g/mol. The Morgan fingerprint density at radius 2 is 1.77 bits per heavy atom. The number of hydrogen-bond acceptors (Lipinski definition) is 3. The van der Waals surface area contributed by atoms with Gasteiger partial charge in [-0.25, -0.2) is 0 Å². The lowest BCUT2D eigenvalue weighted by molar-refractivity contribution is -0.139. The van der Waals surface area contributed by atoms with Gasteiger partial charge in [0.05, 0.1) is 0 Å². The van der Waals surface area contributed by atoms with Gasteiger partial charge in [-0.15, -0.1) is 0 Å². The number of piperidine rings is 2. The molecule has 4 heteroatoms. The maximum Gasteiger partial charge on any atom is 0.240 e. The van der Waals surface area contributed by atoms with E-state index in [0.29, 0.717) is 36.3 Å². The number of carbonyl (C=O) groups is 1. The van der Waals surface area contributed by atoms with E-state index in [1.807, 2.05) is 18.2 Å². The Morgan fingerprint density at radius 3 is 2.45 bits per heavy atom. The van der Waals surface area contributed by atoms with Gasteiger partial charge in [-0.05, 0) is 41.7 Å². The topological polar surface area (TPSA) is 44.4 Å². The molecule has 4 nitrogen and oxygen atoms in total. The number of nitrogens with one attached hydrogen (secondary N) is 2. The van der Waals surface area contributed by atoms with Crippen molar-refractivity contribution in [2.45, 2.75) is 51.4 Å². The largest absolute Gasteiger partial charge is 0.350 e. The Kier molecular flexibility index (Phi) is 5.61. The zero-order valence-corrected chi connectivity index (χ0v) is 18.8. The Bertz CT molecular complexity index is 899. The number of amides is 1. The van der Waals surface area contributed by atoms with Crippen LogP contribution in [0.15, 0.2) is 60.7 Å². The summed E-state index contributed by atoms with van der Waals surface area (Å²) in [5, 5.41) is 7.07. The minimum Gasteiger partial charge on any atom is -0.350 e. The highest BCUT2D eigenvalue weighted by Crippen LogP contribution is 2.53. The summed E-state index contributed by atoms with van der Waals surface area (Å²) in [4.78, 5) is 16.4. The molecular weight excluding hydrogens is 382 g/mol. The first kappa shape index (κ1) is 20.7. The molecule has 5 atom stereocenters. The highest BCUT2D eigenvalue weighted by molar-refractivity contribution is 5.87. The summed E-state index contributed by atoms with van der Waals surface area (Å²) in [7, 11) is 0. The summed E-state index contributed by atoms with van der Waals surface area (Å²) in [6, 6.07) is 21.6. The molecule has 2 N–H and O–H groups in total. The Hall–Kier alpha value is -2.17. The molecule has 4 bridgehead atoms. The summed E-state index contributed by atoms with van der Waals surface area (Å²) in [5.41, 5.74) is 2.10. The minimum absolute atomic E-state index is 0.205. The number of likely N-dealkylation sites (tertiary alicyclic amines) is 1. The Balaban J connectivity index is 1.40. The molecule has 1 amide bonds. The van der Waals surface area contributed by atoms with Crippen molar-refractivity contribution in [3.63, 3.8) is 0 Å². The van der Waals surface area contributed by atoms with E-state index in [2.05, 4.69) is 71.8 Å². The summed E-state index contributed by atoms with van der Waals surface area (Å²) in [5.74, 6) is 2.40. The fraction of sp³-hybridized carbons (Fsp3) is 0.519. The highest BCUT2D eigenvalue weighted by atomic mass is 16.2. The Labute approximate surface area is 186 Å². The van der Waals surface area contributed by atoms with Gasteiger partial charge in [-0.2, -0.15) is 0 Å². The van der Waals surface area contributed by atoms with Gasteiger partial charge in [0, 0.05) is 38.1 Å².